The highest BCUT2D eigenvalue weighted by Crippen LogP contribution is 2.50. The SMILES string of the molecule is CC(C)C(OC(=O)CCN1CCCCC1)C(F)(F)C(F)(F)C(F)(F)F. The van der Waals surface area contributed by atoms with Crippen molar-refractivity contribution in [2.45, 2.75) is 63.7 Å². The Morgan fingerprint density at radius 1 is 1.00 bits per heavy atom. The Morgan fingerprint density at radius 3 is 1.96 bits per heavy atom. The van der Waals surface area contributed by atoms with E-state index < -0.39 is 36.0 Å². The highest BCUT2D eigenvalue weighted by atomic mass is 19.4. The largest absolute Gasteiger partial charge is 0.460 e. The first-order valence-electron chi connectivity index (χ1n) is 8.05. The van der Waals surface area contributed by atoms with Crippen LogP contribution in [0.4, 0.5) is 30.7 Å². The number of hydrogen-bond donors (Lipinski definition) is 0. The van der Waals surface area contributed by atoms with Gasteiger partial charge in [0.15, 0.2) is 6.10 Å². The second-order valence-electron chi connectivity index (χ2n) is 6.50. The van der Waals surface area contributed by atoms with Crippen LogP contribution < -0.4 is 0 Å². The van der Waals surface area contributed by atoms with Gasteiger partial charge in [-0.25, -0.2) is 0 Å². The first-order valence-corrected chi connectivity index (χ1v) is 8.05. The Hall–Kier alpha value is -1.06. The Labute approximate surface area is 141 Å². The third kappa shape index (κ3) is 5.21. The van der Waals surface area contributed by atoms with E-state index in [1.807, 2.05) is 4.90 Å². The molecule has 1 fully saturated rings. The van der Waals surface area contributed by atoms with Crippen molar-refractivity contribution in [3.63, 3.8) is 0 Å². The zero-order valence-electron chi connectivity index (χ0n) is 14.0. The van der Waals surface area contributed by atoms with Crippen LogP contribution in [0.25, 0.3) is 0 Å². The molecule has 10 heteroatoms. The first kappa shape index (κ1) is 22.0. The van der Waals surface area contributed by atoms with E-state index in [-0.39, 0.29) is 13.0 Å². The molecule has 1 aliphatic heterocycles. The molecule has 0 amide bonds. The highest BCUT2D eigenvalue weighted by molar-refractivity contribution is 5.70. The molecule has 1 rings (SSSR count). The molecule has 0 radical (unpaired) electrons. The number of hydrogen-bond acceptors (Lipinski definition) is 3. The maximum absolute atomic E-state index is 13.8. The van der Waals surface area contributed by atoms with Gasteiger partial charge in [-0.05, 0) is 31.8 Å². The minimum absolute atomic E-state index is 0.185. The van der Waals surface area contributed by atoms with Gasteiger partial charge in [0.05, 0.1) is 6.42 Å². The molecule has 1 atom stereocenters. The topological polar surface area (TPSA) is 29.5 Å². The van der Waals surface area contributed by atoms with E-state index in [9.17, 15) is 35.5 Å². The lowest BCUT2D eigenvalue weighted by atomic mass is 9.95. The Morgan fingerprint density at radius 2 is 1.52 bits per heavy atom. The summed E-state index contributed by atoms with van der Waals surface area (Å²) in [5.74, 6) is -14.5. The van der Waals surface area contributed by atoms with Crippen molar-refractivity contribution in [3.05, 3.63) is 0 Å². The smallest absolute Gasteiger partial charge is 0.455 e. The highest BCUT2D eigenvalue weighted by Gasteiger charge is 2.76. The minimum Gasteiger partial charge on any atom is -0.455 e. The van der Waals surface area contributed by atoms with E-state index in [1.54, 1.807) is 0 Å². The van der Waals surface area contributed by atoms with Crippen molar-refractivity contribution >= 4 is 5.97 Å². The molecule has 0 saturated carbocycles. The van der Waals surface area contributed by atoms with Gasteiger partial charge in [0.2, 0.25) is 0 Å². The van der Waals surface area contributed by atoms with Gasteiger partial charge < -0.3 is 9.64 Å². The standard InChI is InChI=1S/C15H22F7NO2/c1-10(2)12(13(16,17)14(18,19)15(20,21)22)25-11(24)6-9-23-7-4-3-5-8-23/h10,12H,3-9H2,1-2H3. The fourth-order valence-corrected chi connectivity index (χ4v) is 2.63. The molecule has 1 heterocycles. The normalized spacial score (nSPS) is 19.1. The van der Waals surface area contributed by atoms with Gasteiger partial charge >= 0.3 is 24.0 Å². The predicted octanol–water partition coefficient (Wildman–Crippen LogP) is 4.26. The van der Waals surface area contributed by atoms with Gasteiger partial charge in [-0.2, -0.15) is 30.7 Å². The summed E-state index contributed by atoms with van der Waals surface area (Å²) in [6.45, 7) is 3.59. The predicted molar refractivity (Wildman–Crippen MR) is 75.6 cm³/mol. The first-order chi connectivity index (χ1) is 11.3. The van der Waals surface area contributed by atoms with Gasteiger partial charge in [0, 0.05) is 6.54 Å². The van der Waals surface area contributed by atoms with Crippen LogP contribution in [0, 0.1) is 5.92 Å². The molecule has 0 N–H and O–H groups in total. The molecule has 1 unspecified atom stereocenters. The van der Waals surface area contributed by atoms with Crippen LogP contribution in [0.5, 0.6) is 0 Å². The Bertz CT molecular complexity index is 446. The van der Waals surface area contributed by atoms with Crippen molar-refractivity contribution in [1.29, 1.82) is 0 Å². The lowest BCUT2D eigenvalue weighted by Crippen LogP contribution is -2.60. The number of esters is 1. The van der Waals surface area contributed by atoms with Gasteiger partial charge in [-0.3, -0.25) is 4.79 Å². The number of piperidine rings is 1. The van der Waals surface area contributed by atoms with E-state index in [0.717, 1.165) is 33.1 Å². The van der Waals surface area contributed by atoms with Crippen LogP contribution in [0.15, 0.2) is 0 Å². The molecular formula is C15H22F7NO2. The Balaban J connectivity index is 2.76. The van der Waals surface area contributed by atoms with E-state index in [2.05, 4.69) is 4.74 Å². The Kier molecular flexibility index (Phi) is 7.12. The number of rotatable bonds is 7. The summed E-state index contributed by atoms with van der Waals surface area (Å²) in [5.41, 5.74) is 0. The molecule has 0 aromatic heterocycles. The molecule has 0 aromatic carbocycles. The molecule has 0 aliphatic carbocycles. The van der Waals surface area contributed by atoms with Crippen molar-refractivity contribution < 1.29 is 40.3 Å². The zero-order chi connectivity index (χ0) is 19.5. The van der Waals surface area contributed by atoms with E-state index in [0.29, 0.717) is 13.1 Å². The van der Waals surface area contributed by atoms with Gasteiger partial charge in [0.25, 0.3) is 0 Å². The fraction of sp³-hybridized carbons (Fsp3) is 0.933. The molecular weight excluding hydrogens is 359 g/mol. The molecule has 3 nitrogen and oxygen atoms in total. The van der Waals surface area contributed by atoms with E-state index in [1.165, 1.54) is 0 Å². The number of nitrogens with zero attached hydrogens (tertiary/aromatic N) is 1. The molecule has 148 valence electrons. The summed E-state index contributed by atoms with van der Waals surface area (Å²) < 4.78 is 95.2. The number of likely N-dealkylation sites (tertiary alicyclic amines) is 1. The molecule has 0 aromatic rings. The zero-order valence-corrected chi connectivity index (χ0v) is 14.0. The lowest BCUT2D eigenvalue weighted by molar-refractivity contribution is -0.374. The third-order valence-electron chi connectivity index (χ3n) is 4.08. The average molecular weight is 381 g/mol. The van der Waals surface area contributed by atoms with E-state index in [4.69, 9.17) is 0 Å². The van der Waals surface area contributed by atoms with Crippen LogP contribution in [-0.4, -0.2) is 54.6 Å². The lowest BCUT2D eigenvalue weighted by Gasteiger charge is -2.35. The molecule has 1 saturated heterocycles. The summed E-state index contributed by atoms with van der Waals surface area (Å²) in [5, 5.41) is 0. The van der Waals surface area contributed by atoms with Crippen LogP contribution in [-0.2, 0) is 9.53 Å². The summed E-state index contributed by atoms with van der Waals surface area (Å²) in [7, 11) is 0. The quantitative estimate of drug-likeness (QED) is 0.488. The number of alkyl halides is 7. The molecule has 25 heavy (non-hydrogen) atoms. The van der Waals surface area contributed by atoms with Gasteiger partial charge in [-0.15, -0.1) is 0 Å². The monoisotopic (exact) mass is 381 g/mol. The number of ether oxygens (including phenoxy) is 1. The summed E-state index contributed by atoms with van der Waals surface area (Å²) in [6.07, 6.45) is -6.81. The third-order valence-corrected chi connectivity index (χ3v) is 4.08. The fourth-order valence-electron chi connectivity index (χ4n) is 2.63. The summed E-state index contributed by atoms with van der Waals surface area (Å²) in [4.78, 5) is 13.6. The average Bonchev–Trinajstić information content (AvgIpc) is 2.49. The maximum Gasteiger partial charge on any atom is 0.460 e. The number of carbonyl (C=O) groups is 1. The van der Waals surface area contributed by atoms with Crippen LogP contribution in [0.2, 0.25) is 0 Å². The van der Waals surface area contributed by atoms with Gasteiger partial charge in [0.1, 0.15) is 0 Å². The summed E-state index contributed by atoms with van der Waals surface area (Å²) in [6, 6.07) is 0. The second-order valence-corrected chi connectivity index (χ2v) is 6.50. The van der Waals surface area contributed by atoms with Crippen molar-refractivity contribution in [2.24, 2.45) is 5.92 Å². The number of carbonyl (C=O) groups excluding carboxylic acids is 1. The molecule has 0 bridgehead atoms. The summed E-state index contributed by atoms with van der Waals surface area (Å²) >= 11 is 0. The van der Waals surface area contributed by atoms with Crippen molar-refractivity contribution in [2.75, 3.05) is 19.6 Å². The van der Waals surface area contributed by atoms with Crippen LogP contribution in [0.3, 0.4) is 0 Å². The second kappa shape index (κ2) is 8.09. The number of halogens is 7. The maximum atomic E-state index is 13.8. The van der Waals surface area contributed by atoms with Crippen LogP contribution >= 0.6 is 0 Å². The van der Waals surface area contributed by atoms with Crippen molar-refractivity contribution in [3.8, 4) is 0 Å². The van der Waals surface area contributed by atoms with Crippen LogP contribution in [0.1, 0.15) is 39.5 Å². The molecule has 1 aliphatic rings. The van der Waals surface area contributed by atoms with Gasteiger partial charge in [-0.1, -0.05) is 20.3 Å². The minimum atomic E-state index is -6.45. The van der Waals surface area contributed by atoms with Crippen molar-refractivity contribution in [1.82, 2.24) is 4.90 Å². The van der Waals surface area contributed by atoms with E-state index >= 15 is 0 Å². The molecule has 0 spiro atoms.